The van der Waals surface area contributed by atoms with Crippen molar-refractivity contribution in [3.63, 3.8) is 0 Å². The third kappa shape index (κ3) is 8.12. The fourth-order valence-electron chi connectivity index (χ4n) is 7.88. The van der Waals surface area contributed by atoms with Gasteiger partial charge < -0.3 is 19.6 Å². The molecule has 2 bridgehead atoms. The summed E-state index contributed by atoms with van der Waals surface area (Å²) >= 11 is 6.35. The zero-order chi connectivity index (χ0) is 34.8. The van der Waals surface area contributed by atoms with Crippen molar-refractivity contribution in [3.05, 3.63) is 70.3 Å². The molecule has 2 aromatic carbocycles. The number of halogens is 1. The van der Waals surface area contributed by atoms with E-state index < -0.39 is 26.8 Å². The van der Waals surface area contributed by atoms with Gasteiger partial charge in [0.05, 0.1) is 23.0 Å². The van der Waals surface area contributed by atoms with Crippen LogP contribution in [-0.2, 0) is 27.8 Å². The van der Waals surface area contributed by atoms with Crippen molar-refractivity contribution in [1.82, 2.24) is 9.62 Å². The summed E-state index contributed by atoms with van der Waals surface area (Å²) in [6, 6.07) is 11.0. The lowest BCUT2D eigenvalue weighted by atomic mass is 9.63. The van der Waals surface area contributed by atoms with Crippen LogP contribution >= 0.6 is 11.6 Å². The number of nitrogens with zero attached hydrogens (tertiary/aromatic N) is 2. The van der Waals surface area contributed by atoms with Gasteiger partial charge in [-0.15, -0.1) is 0 Å². The van der Waals surface area contributed by atoms with Crippen LogP contribution in [0, 0.1) is 17.8 Å². The van der Waals surface area contributed by atoms with Crippen LogP contribution in [0.5, 0.6) is 5.75 Å². The summed E-state index contributed by atoms with van der Waals surface area (Å²) in [6.45, 7) is 6.45. The SMILES string of the molecule is C[C@@H]1[C@@H](C)C/C=C/[C@](O)(CC(=O)N2CCCCC2)[C@@H]2CC[C@H]2CN2CCCCc3cc(Cl)ccc3COc3ccc(cc32)C(=O)NS1(=O)=O. The van der Waals surface area contributed by atoms with Crippen molar-refractivity contribution in [3.8, 4) is 5.75 Å². The van der Waals surface area contributed by atoms with Crippen LogP contribution in [0.4, 0.5) is 5.69 Å². The Kier molecular flexibility index (Phi) is 11.0. The second-order valence-corrected chi connectivity index (χ2v) is 17.1. The Balaban J connectivity index is 1.38. The van der Waals surface area contributed by atoms with Gasteiger partial charge in [-0.25, -0.2) is 13.1 Å². The predicted molar refractivity (Wildman–Crippen MR) is 192 cm³/mol. The van der Waals surface area contributed by atoms with Gasteiger partial charge in [0, 0.05) is 36.8 Å². The Morgan fingerprint density at radius 3 is 2.55 bits per heavy atom. The molecule has 1 aliphatic carbocycles. The van der Waals surface area contributed by atoms with Gasteiger partial charge >= 0.3 is 0 Å². The molecule has 49 heavy (non-hydrogen) atoms. The van der Waals surface area contributed by atoms with Crippen LogP contribution in [0.15, 0.2) is 48.6 Å². The molecule has 0 radical (unpaired) electrons. The number of allylic oxidation sites excluding steroid dienone is 1. The molecular formula is C38H50ClN3O6S. The number of sulfonamides is 1. The fraction of sp³-hybridized carbons (Fsp3) is 0.579. The fourth-order valence-corrected chi connectivity index (χ4v) is 9.36. The topological polar surface area (TPSA) is 116 Å². The number of benzene rings is 2. The Bertz CT molecular complexity index is 1680. The summed E-state index contributed by atoms with van der Waals surface area (Å²) in [4.78, 5) is 31.2. The van der Waals surface area contributed by atoms with Crippen molar-refractivity contribution in [2.45, 2.75) is 95.5 Å². The Labute approximate surface area is 296 Å². The number of aliphatic hydroxyl groups is 1. The number of amides is 2. The third-order valence-electron chi connectivity index (χ3n) is 11.3. The molecule has 2 aromatic rings. The van der Waals surface area contributed by atoms with Crippen LogP contribution in [-0.4, -0.2) is 67.3 Å². The van der Waals surface area contributed by atoms with E-state index in [4.69, 9.17) is 16.3 Å². The normalized spacial score (nSPS) is 29.9. The van der Waals surface area contributed by atoms with E-state index in [2.05, 4.69) is 9.62 Å². The molecule has 3 aliphatic heterocycles. The van der Waals surface area contributed by atoms with Gasteiger partial charge in [0.25, 0.3) is 5.91 Å². The largest absolute Gasteiger partial charge is 0.487 e. The van der Waals surface area contributed by atoms with Gasteiger partial charge in [-0.1, -0.05) is 36.7 Å². The summed E-state index contributed by atoms with van der Waals surface area (Å²) in [7, 11) is -4.02. The molecule has 4 aliphatic rings. The third-order valence-corrected chi connectivity index (χ3v) is 13.5. The number of hydrogen-bond donors (Lipinski definition) is 2. The van der Waals surface area contributed by atoms with Gasteiger partial charge in [0.1, 0.15) is 12.4 Å². The second kappa shape index (κ2) is 15.0. The Hall–Kier alpha value is -3.08. The first kappa shape index (κ1) is 35.7. The summed E-state index contributed by atoms with van der Waals surface area (Å²) in [5.41, 5.74) is 1.78. The van der Waals surface area contributed by atoms with Crippen LogP contribution in [0.25, 0.3) is 0 Å². The van der Waals surface area contributed by atoms with E-state index in [1.807, 2.05) is 36.1 Å². The minimum absolute atomic E-state index is 0.00756. The minimum Gasteiger partial charge on any atom is -0.487 e. The van der Waals surface area contributed by atoms with Crippen LogP contribution in [0.3, 0.4) is 0 Å². The lowest BCUT2D eigenvalue weighted by Gasteiger charge is -2.48. The van der Waals surface area contributed by atoms with Gasteiger partial charge in [-0.3, -0.25) is 9.59 Å². The predicted octanol–water partition coefficient (Wildman–Crippen LogP) is 6.27. The highest BCUT2D eigenvalue weighted by atomic mass is 35.5. The first-order chi connectivity index (χ1) is 23.4. The molecule has 266 valence electrons. The number of aryl methyl sites for hydroxylation is 1. The molecule has 6 rings (SSSR count). The number of ether oxygens (including phenoxy) is 1. The number of carbonyl (C=O) groups is 2. The zero-order valence-corrected chi connectivity index (χ0v) is 30.3. The first-order valence-corrected chi connectivity index (χ1v) is 19.9. The van der Waals surface area contributed by atoms with Crippen LogP contribution < -0.4 is 14.4 Å². The number of anilines is 1. The highest BCUT2D eigenvalue weighted by Crippen LogP contribution is 2.46. The van der Waals surface area contributed by atoms with Crippen molar-refractivity contribution in [1.29, 1.82) is 0 Å². The smallest absolute Gasteiger partial charge is 0.264 e. The average Bonchev–Trinajstić information content (AvgIpc) is 3.09. The molecule has 0 spiro atoms. The van der Waals surface area contributed by atoms with E-state index in [-0.39, 0.29) is 35.6 Å². The quantitative estimate of drug-likeness (QED) is 0.353. The molecule has 3 heterocycles. The number of rotatable bonds is 2. The van der Waals surface area contributed by atoms with Crippen molar-refractivity contribution in [2.24, 2.45) is 17.8 Å². The molecule has 2 fully saturated rings. The van der Waals surface area contributed by atoms with Gasteiger partial charge in [0.15, 0.2) is 0 Å². The minimum atomic E-state index is -4.02. The highest BCUT2D eigenvalue weighted by Gasteiger charge is 2.47. The molecule has 2 N–H and O–H groups in total. The Morgan fingerprint density at radius 2 is 1.80 bits per heavy atom. The van der Waals surface area contributed by atoms with E-state index in [1.165, 1.54) is 0 Å². The molecule has 5 atom stereocenters. The van der Waals surface area contributed by atoms with E-state index in [0.717, 1.165) is 62.5 Å². The maximum atomic E-state index is 13.6. The molecule has 1 saturated heterocycles. The van der Waals surface area contributed by atoms with Crippen molar-refractivity contribution < 1.29 is 27.9 Å². The highest BCUT2D eigenvalue weighted by molar-refractivity contribution is 7.90. The number of carbonyl (C=O) groups excluding carboxylic acids is 2. The molecule has 11 heteroatoms. The van der Waals surface area contributed by atoms with E-state index in [9.17, 15) is 23.1 Å². The summed E-state index contributed by atoms with van der Waals surface area (Å²) in [5, 5.41) is 12.2. The van der Waals surface area contributed by atoms with Crippen LogP contribution in [0.2, 0.25) is 5.02 Å². The molecule has 2 amide bonds. The average molecular weight is 712 g/mol. The molecular weight excluding hydrogens is 662 g/mol. The second-order valence-electron chi connectivity index (χ2n) is 14.6. The number of hydrogen-bond acceptors (Lipinski definition) is 7. The number of fused-ring (bicyclic) bond motifs is 3. The lowest BCUT2D eigenvalue weighted by molar-refractivity contribution is -0.140. The first-order valence-electron chi connectivity index (χ1n) is 18.0. The van der Waals surface area contributed by atoms with Crippen molar-refractivity contribution in [2.75, 3.05) is 31.1 Å². The number of piperidine rings is 1. The maximum Gasteiger partial charge on any atom is 0.264 e. The lowest BCUT2D eigenvalue weighted by Crippen LogP contribution is -2.52. The Morgan fingerprint density at radius 1 is 1.02 bits per heavy atom. The van der Waals surface area contributed by atoms with Crippen LogP contribution in [0.1, 0.15) is 93.1 Å². The van der Waals surface area contributed by atoms with Gasteiger partial charge in [-0.2, -0.15) is 0 Å². The zero-order valence-electron chi connectivity index (χ0n) is 28.7. The molecule has 0 unspecified atom stereocenters. The van der Waals surface area contributed by atoms with Gasteiger partial charge in [0.2, 0.25) is 15.9 Å². The van der Waals surface area contributed by atoms with Gasteiger partial charge in [-0.05, 0) is 124 Å². The number of likely N-dealkylation sites (tertiary alicyclic amines) is 1. The summed E-state index contributed by atoms with van der Waals surface area (Å²) < 4.78 is 35.6. The summed E-state index contributed by atoms with van der Waals surface area (Å²) in [6.07, 6.45) is 11.4. The van der Waals surface area contributed by atoms with Crippen molar-refractivity contribution >= 4 is 39.1 Å². The van der Waals surface area contributed by atoms with E-state index >= 15 is 0 Å². The monoisotopic (exact) mass is 711 g/mol. The van der Waals surface area contributed by atoms with E-state index in [0.29, 0.717) is 55.7 Å². The van der Waals surface area contributed by atoms with E-state index in [1.54, 1.807) is 31.2 Å². The molecule has 1 saturated carbocycles. The molecule has 9 nitrogen and oxygen atoms in total. The standard InChI is InChI=1S/C38H50ClN3O6S/c1-26-9-8-17-38(45,23-36(43)41-18-5-3-6-19-41)33-15-12-30(33)24-42-20-7-4-10-28-21-32(39)14-11-31(28)25-48-35-16-13-29(22-34(35)42)37(44)40-49(46,47)27(26)2/h8,11,13-14,16-17,21-22,26-27,30,33,45H,3-7,9-10,12,15,18-20,23-25H2,1-2H3,(H,40,44)/b17-8+/t26-,27+,30-,33+,38-/m0/s1. The number of nitrogens with one attached hydrogen (secondary N) is 1. The maximum absolute atomic E-state index is 13.6. The summed E-state index contributed by atoms with van der Waals surface area (Å²) in [5.74, 6) is -0.510. The molecule has 0 aromatic heterocycles.